The number of nitrogens with one attached hydrogen (secondary N) is 2. The third-order valence-corrected chi connectivity index (χ3v) is 12.0. The number of likely N-dealkylation sites (N-methyl/N-ethyl adjacent to an activating group) is 1. The number of carbonyl (C=O) groups excluding carboxylic acids is 3. The van der Waals surface area contributed by atoms with Crippen LogP contribution in [0.2, 0.25) is 0 Å². The number of nitrogens with zero attached hydrogens (tertiary/aromatic N) is 9. The van der Waals surface area contributed by atoms with E-state index in [-0.39, 0.29) is 124 Å². The second-order valence-electron chi connectivity index (χ2n) is 18.0. The van der Waals surface area contributed by atoms with Gasteiger partial charge in [-0.2, -0.15) is 0 Å². The van der Waals surface area contributed by atoms with Gasteiger partial charge in [-0.15, -0.1) is 0 Å². The second kappa shape index (κ2) is 33.5. The molecule has 2 aliphatic rings. The predicted molar refractivity (Wildman–Crippen MR) is 251 cm³/mol. The number of carboxylic acids is 6. The Kier molecular flexibility index (Phi) is 29.3. The number of carbonyl (C=O) groups is 9. The summed E-state index contributed by atoms with van der Waals surface area (Å²) in [7, 11) is 1.17. The number of carboxylic acid groups (broad SMARTS) is 6. The molecule has 1 unspecified atom stereocenters. The molecule has 31 nitrogen and oxygen atoms in total. The number of aliphatic hydroxyl groups is 5. The third kappa shape index (κ3) is 27.0. The number of hydrogen-bond acceptors (Lipinski definition) is 22. The summed E-state index contributed by atoms with van der Waals surface area (Å²) in [5.74, 6) is -9.38. The SMILES string of the molecule is CN(C[C@H](O)[C@@H](O)[C@H](O)[C@H](O)CO)C(=O)C(CNC(=O)CN1CCN(CC(=O)O)CCN(CC(=O)O)CCN(CC(=O)O)CC1)NC(=O)CN1CCN(CC(=O)O)CCN(CC(=O)O)CCN(CC(=O)O)CC1. The Hall–Kier alpha value is -5.29. The monoisotopic (exact) mass is 1050 g/mol. The van der Waals surface area contributed by atoms with Gasteiger partial charge in [0, 0.05) is 125 Å². The molecular formula is C42H75N11O20. The van der Waals surface area contributed by atoms with Crippen LogP contribution in [-0.4, -0.2) is 368 Å². The first-order chi connectivity index (χ1) is 34.3. The molecule has 2 saturated heterocycles. The molecule has 0 bridgehead atoms. The Labute approximate surface area is 421 Å². The van der Waals surface area contributed by atoms with Crippen molar-refractivity contribution >= 4 is 53.5 Å². The molecule has 5 atom stereocenters. The molecule has 31 heteroatoms. The first kappa shape index (κ1) is 63.8. The van der Waals surface area contributed by atoms with E-state index >= 15 is 0 Å². The van der Waals surface area contributed by atoms with Gasteiger partial charge >= 0.3 is 35.8 Å². The van der Waals surface area contributed by atoms with Gasteiger partial charge in [0.1, 0.15) is 30.5 Å². The fourth-order valence-corrected chi connectivity index (χ4v) is 8.00. The highest BCUT2D eigenvalue weighted by atomic mass is 16.4. The van der Waals surface area contributed by atoms with Gasteiger partial charge < -0.3 is 71.7 Å². The summed E-state index contributed by atoms with van der Waals surface area (Å²) in [4.78, 5) is 125. The lowest BCUT2D eigenvalue weighted by molar-refractivity contribution is -0.142. The maximum absolute atomic E-state index is 14.1. The lowest BCUT2D eigenvalue weighted by Crippen LogP contribution is -2.57. The van der Waals surface area contributed by atoms with Crippen molar-refractivity contribution in [1.82, 2.24) is 54.7 Å². The molecule has 2 heterocycles. The number of amides is 3. The first-order valence-electron chi connectivity index (χ1n) is 23.6. The number of hydrogen-bond donors (Lipinski definition) is 13. The van der Waals surface area contributed by atoms with Gasteiger partial charge in [0.25, 0.3) is 0 Å². The van der Waals surface area contributed by atoms with Crippen LogP contribution in [0, 0.1) is 0 Å². The van der Waals surface area contributed by atoms with Crippen molar-refractivity contribution in [2.45, 2.75) is 30.5 Å². The summed E-state index contributed by atoms with van der Waals surface area (Å²) in [5, 5.41) is 113. The van der Waals surface area contributed by atoms with Crippen molar-refractivity contribution in [3.8, 4) is 0 Å². The van der Waals surface area contributed by atoms with Crippen molar-refractivity contribution in [2.75, 3.05) is 184 Å². The zero-order chi connectivity index (χ0) is 54.8. The minimum absolute atomic E-state index is 0.0338. The lowest BCUT2D eigenvalue weighted by atomic mass is 10.0. The molecule has 2 aliphatic heterocycles. The molecular weight excluding hydrogens is 979 g/mol. The van der Waals surface area contributed by atoms with Crippen molar-refractivity contribution in [3.05, 3.63) is 0 Å². The number of rotatable bonds is 26. The highest BCUT2D eigenvalue weighted by molar-refractivity contribution is 5.89. The van der Waals surface area contributed by atoms with E-state index in [4.69, 9.17) is 0 Å². The number of aliphatic hydroxyl groups excluding tert-OH is 5. The fourth-order valence-electron chi connectivity index (χ4n) is 8.00. The molecule has 0 saturated carbocycles. The van der Waals surface area contributed by atoms with Gasteiger partial charge in [0.2, 0.25) is 17.7 Å². The molecule has 0 aromatic heterocycles. The predicted octanol–water partition coefficient (Wildman–Crippen LogP) is -9.57. The summed E-state index contributed by atoms with van der Waals surface area (Å²) in [6, 6.07) is -1.60. The van der Waals surface area contributed by atoms with Gasteiger partial charge in [-0.05, 0) is 0 Å². The Morgan fingerprint density at radius 1 is 0.411 bits per heavy atom. The summed E-state index contributed by atoms with van der Waals surface area (Å²) in [5.41, 5.74) is 0. The van der Waals surface area contributed by atoms with E-state index in [0.717, 1.165) is 4.90 Å². The summed E-state index contributed by atoms with van der Waals surface area (Å²) >= 11 is 0. The largest absolute Gasteiger partial charge is 0.480 e. The van der Waals surface area contributed by atoms with Crippen molar-refractivity contribution < 1.29 is 99.3 Å². The highest BCUT2D eigenvalue weighted by Gasteiger charge is 2.34. The van der Waals surface area contributed by atoms with Crippen LogP contribution in [-0.2, 0) is 43.2 Å². The van der Waals surface area contributed by atoms with E-state index in [2.05, 4.69) is 10.6 Å². The number of aliphatic carboxylic acids is 6. The minimum atomic E-state index is -2.07. The molecule has 13 N–H and O–H groups in total. The quantitative estimate of drug-likeness (QED) is 0.0383. The van der Waals surface area contributed by atoms with Crippen LogP contribution in [0.15, 0.2) is 0 Å². The normalized spacial score (nSPS) is 20.0. The van der Waals surface area contributed by atoms with Crippen LogP contribution >= 0.6 is 0 Å². The third-order valence-electron chi connectivity index (χ3n) is 12.0. The molecule has 2 fully saturated rings. The van der Waals surface area contributed by atoms with Crippen molar-refractivity contribution in [3.63, 3.8) is 0 Å². The average Bonchev–Trinajstić information content (AvgIpc) is 3.29. The molecule has 0 spiro atoms. The average molecular weight is 1050 g/mol. The smallest absolute Gasteiger partial charge is 0.317 e. The standard InChI is InChI=1S/C42H75N11O20/c1-45(19-30(55)40(71)41(72)31(56)28-54)42(73)29(44-33(58)21-47-4-8-50(24-36(63)64)12-16-53(27-39(69)70)17-13-51(9-5-47)25-37(65)66)18-43-32(57)20-46-2-6-48(22-34(59)60)10-14-52(26-38(67)68)15-11-49(7-3-46)23-35(61)62/h29-31,40-41,54-56,71-72H,2-28H2,1H3,(H,43,57)(H,44,58)(H,59,60)(H,61,62)(H,63,64)(H,65,66)(H,67,68)(H,69,70)/t29?,30-,31+,40+,41+/m0/s1. The van der Waals surface area contributed by atoms with Crippen LogP contribution < -0.4 is 10.6 Å². The van der Waals surface area contributed by atoms with Crippen LogP contribution in [0.3, 0.4) is 0 Å². The van der Waals surface area contributed by atoms with Crippen molar-refractivity contribution in [2.24, 2.45) is 0 Å². The molecule has 0 aromatic carbocycles. The maximum Gasteiger partial charge on any atom is 0.317 e. The molecule has 0 aliphatic carbocycles. The Balaban J connectivity index is 2.41. The van der Waals surface area contributed by atoms with Gasteiger partial charge in [0.15, 0.2) is 0 Å². The van der Waals surface area contributed by atoms with Crippen LogP contribution in [0.1, 0.15) is 0 Å². The fraction of sp³-hybridized carbons (Fsp3) is 0.786. The van der Waals surface area contributed by atoms with E-state index in [1.807, 2.05) is 0 Å². The topological polar surface area (TPSA) is 429 Å². The summed E-state index contributed by atoms with van der Waals surface area (Å²) in [6.07, 6.45) is -7.87. The zero-order valence-electron chi connectivity index (χ0n) is 41.1. The van der Waals surface area contributed by atoms with Gasteiger partial charge in [-0.25, -0.2) is 0 Å². The Morgan fingerprint density at radius 3 is 0.918 bits per heavy atom. The van der Waals surface area contributed by atoms with Crippen LogP contribution in [0.25, 0.3) is 0 Å². The van der Waals surface area contributed by atoms with Gasteiger partial charge in [-0.1, -0.05) is 0 Å². The van der Waals surface area contributed by atoms with Crippen LogP contribution in [0.4, 0.5) is 0 Å². The van der Waals surface area contributed by atoms with E-state index in [1.54, 1.807) is 29.4 Å². The molecule has 0 radical (unpaired) electrons. The minimum Gasteiger partial charge on any atom is -0.480 e. The van der Waals surface area contributed by atoms with E-state index < -0.39 is 136 Å². The van der Waals surface area contributed by atoms with Crippen molar-refractivity contribution in [1.29, 1.82) is 0 Å². The molecule has 3 amide bonds. The molecule has 0 aromatic rings. The second-order valence-corrected chi connectivity index (χ2v) is 18.0. The van der Waals surface area contributed by atoms with Gasteiger partial charge in [0.05, 0.1) is 59.0 Å². The molecule has 418 valence electrons. The Bertz CT molecular complexity index is 1740. The zero-order valence-corrected chi connectivity index (χ0v) is 41.1. The highest BCUT2D eigenvalue weighted by Crippen LogP contribution is 2.09. The van der Waals surface area contributed by atoms with Gasteiger partial charge in [-0.3, -0.25) is 82.4 Å². The summed E-state index contributed by atoms with van der Waals surface area (Å²) in [6.45, 7) is -4.10. The maximum atomic E-state index is 14.1. The Morgan fingerprint density at radius 2 is 0.658 bits per heavy atom. The van der Waals surface area contributed by atoms with E-state index in [9.17, 15) is 99.3 Å². The van der Waals surface area contributed by atoms with Crippen LogP contribution in [0.5, 0.6) is 0 Å². The van der Waals surface area contributed by atoms with E-state index in [0.29, 0.717) is 0 Å². The summed E-state index contributed by atoms with van der Waals surface area (Å²) < 4.78 is 0. The lowest BCUT2D eigenvalue weighted by Gasteiger charge is -2.33. The van der Waals surface area contributed by atoms with E-state index in [1.165, 1.54) is 16.8 Å². The first-order valence-corrected chi connectivity index (χ1v) is 23.6. The molecule has 73 heavy (non-hydrogen) atoms. The molecule has 2 rings (SSSR count).